The van der Waals surface area contributed by atoms with E-state index in [0.29, 0.717) is 0 Å². The number of nitrogens with zero attached hydrogens (tertiary/aromatic N) is 3. The van der Waals surface area contributed by atoms with Gasteiger partial charge in [-0.1, -0.05) is 133 Å². The molecule has 3 heteroatoms. The van der Waals surface area contributed by atoms with Gasteiger partial charge in [0.25, 0.3) is 0 Å². The van der Waals surface area contributed by atoms with E-state index in [0.717, 1.165) is 45.2 Å². The van der Waals surface area contributed by atoms with Crippen molar-refractivity contribution in [1.82, 2.24) is 9.55 Å². The standard InChI is InChI=1S/C47H29N3/c1-2-14-33(15-3-1)49-41-22-10-11-23-42(41)50-46-40(21-12-24-43(46)49)48-47(50)45-38-19-8-6-17-36(38)44(37-18-7-9-20-39(37)45)32-27-28-35-31(29-32)26-25-30-13-4-5-16-34(30)35/h1-29H. The summed E-state index contributed by atoms with van der Waals surface area (Å²) in [5.41, 5.74) is 10.2. The zero-order chi connectivity index (χ0) is 32.8. The highest BCUT2D eigenvalue weighted by Crippen LogP contribution is 2.51. The van der Waals surface area contributed by atoms with E-state index in [2.05, 4.69) is 185 Å². The van der Waals surface area contributed by atoms with Gasteiger partial charge in [-0.15, -0.1) is 0 Å². The molecule has 232 valence electrons. The average Bonchev–Trinajstić information content (AvgIpc) is 3.57. The maximum atomic E-state index is 5.49. The first-order valence-corrected chi connectivity index (χ1v) is 17.2. The molecule has 10 aromatic rings. The summed E-state index contributed by atoms with van der Waals surface area (Å²) < 4.78 is 2.40. The van der Waals surface area contributed by atoms with E-state index in [1.54, 1.807) is 0 Å². The number of para-hydroxylation sites is 4. The van der Waals surface area contributed by atoms with Crippen molar-refractivity contribution >= 4 is 71.2 Å². The molecule has 1 aliphatic rings. The van der Waals surface area contributed by atoms with Crippen LogP contribution in [0, 0.1) is 0 Å². The summed E-state index contributed by atoms with van der Waals surface area (Å²) >= 11 is 0. The lowest BCUT2D eigenvalue weighted by Gasteiger charge is -2.33. The first-order valence-electron chi connectivity index (χ1n) is 17.2. The molecular weight excluding hydrogens is 607 g/mol. The molecular formula is C47H29N3. The van der Waals surface area contributed by atoms with Crippen LogP contribution in [-0.4, -0.2) is 9.55 Å². The van der Waals surface area contributed by atoms with Crippen molar-refractivity contribution in [3.05, 3.63) is 176 Å². The van der Waals surface area contributed by atoms with Gasteiger partial charge in [-0.2, -0.15) is 0 Å². The second-order valence-corrected chi connectivity index (χ2v) is 13.1. The van der Waals surface area contributed by atoms with Gasteiger partial charge in [-0.05, 0) is 96.7 Å². The number of rotatable bonds is 3. The number of benzene rings is 9. The van der Waals surface area contributed by atoms with Gasteiger partial charge in [0.1, 0.15) is 5.82 Å². The highest BCUT2D eigenvalue weighted by Gasteiger charge is 2.30. The second-order valence-electron chi connectivity index (χ2n) is 13.1. The van der Waals surface area contributed by atoms with E-state index in [1.165, 1.54) is 54.2 Å². The summed E-state index contributed by atoms with van der Waals surface area (Å²) in [6.07, 6.45) is 0. The summed E-state index contributed by atoms with van der Waals surface area (Å²) in [7, 11) is 0. The van der Waals surface area contributed by atoms with Crippen molar-refractivity contribution < 1.29 is 0 Å². The Labute approximate surface area is 288 Å². The van der Waals surface area contributed by atoms with Crippen LogP contribution in [0.3, 0.4) is 0 Å². The fraction of sp³-hybridized carbons (Fsp3) is 0. The quantitative estimate of drug-likeness (QED) is 0.142. The van der Waals surface area contributed by atoms with Crippen molar-refractivity contribution in [2.45, 2.75) is 0 Å². The summed E-state index contributed by atoms with van der Waals surface area (Å²) in [5.74, 6) is 0.955. The van der Waals surface area contributed by atoms with Crippen LogP contribution in [0.4, 0.5) is 17.1 Å². The van der Waals surface area contributed by atoms with Gasteiger partial charge in [0, 0.05) is 11.3 Å². The van der Waals surface area contributed by atoms with E-state index in [-0.39, 0.29) is 0 Å². The maximum absolute atomic E-state index is 5.49. The molecule has 11 rings (SSSR count). The molecule has 50 heavy (non-hydrogen) atoms. The smallest absolute Gasteiger partial charge is 0.147 e. The van der Waals surface area contributed by atoms with Crippen LogP contribution in [0.2, 0.25) is 0 Å². The Morgan fingerprint density at radius 2 is 0.960 bits per heavy atom. The van der Waals surface area contributed by atoms with Gasteiger partial charge < -0.3 is 4.90 Å². The fourth-order valence-electron chi connectivity index (χ4n) is 8.37. The van der Waals surface area contributed by atoms with Crippen LogP contribution in [-0.2, 0) is 0 Å². The summed E-state index contributed by atoms with van der Waals surface area (Å²) in [5, 5.41) is 9.89. The topological polar surface area (TPSA) is 21.1 Å². The third-order valence-corrected chi connectivity index (χ3v) is 10.5. The third-order valence-electron chi connectivity index (χ3n) is 10.5. The third kappa shape index (κ3) is 3.77. The minimum Gasteiger partial charge on any atom is -0.306 e. The summed E-state index contributed by atoms with van der Waals surface area (Å²) in [6.45, 7) is 0. The zero-order valence-electron chi connectivity index (χ0n) is 27.1. The fourth-order valence-corrected chi connectivity index (χ4v) is 8.37. The molecule has 0 N–H and O–H groups in total. The first-order chi connectivity index (χ1) is 24.8. The average molecular weight is 636 g/mol. The molecule has 2 heterocycles. The Morgan fingerprint density at radius 1 is 0.380 bits per heavy atom. The van der Waals surface area contributed by atoms with E-state index in [9.17, 15) is 0 Å². The monoisotopic (exact) mass is 635 g/mol. The Balaban J connectivity index is 1.23. The predicted octanol–water partition coefficient (Wildman–Crippen LogP) is 12.8. The van der Waals surface area contributed by atoms with Crippen molar-refractivity contribution in [3.8, 4) is 28.2 Å². The van der Waals surface area contributed by atoms with Crippen LogP contribution in [0.15, 0.2) is 176 Å². The lowest BCUT2D eigenvalue weighted by molar-refractivity contribution is 1.07. The Bertz CT molecular complexity index is 2930. The van der Waals surface area contributed by atoms with E-state index >= 15 is 0 Å². The van der Waals surface area contributed by atoms with Gasteiger partial charge in [0.2, 0.25) is 0 Å². The van der Waals surface area contributed by atoms with E-state index in [1.807, 2.05) is 0 Å². The Morgan fingerprint density at radius 3 is 1.72 bits per heavy atom. The van der Waals surface area contributed by atoms with E-state index in [4.69, 9.17) is 4.98 Å². The number of aromatic nitrogens is 2. The molecule has 0 amide bonds. The molecule has 0 saturated carbocycles. The van der Waals surface area contributed by atoms with Gasteiger partial charge in [0.05, 0.1) is 28.1 Å². The molecule has 1 aromatic heterocycles. The zero-order valence-corrected chi connectivity index (χ0v) is 27.1. The van der Waals surface area contributed by atoms with E-state index < -0.39 is 0 Å². The van der Waals surface area contributed by atoms with Crippen molar-refractivity contribution in [2.75, 3.05) is 4.90 Å². The summed E-state index contributed by atoms with van der Waals surface area (Å²) in [4.78, 5) is 7.86. The lowest BCUT2D eigenvalue weighted by atomic mass is 9.87. The normalized spacial score (nSPS) is 12.4. The second kappa shape index (κ2) is 10.4. The highest BCUT2D eigenvalue weighted by atomic mass is 15.2. The molecule has 0 atom stereocenters. The van der Waals surface area contributed by atoms with Crippen LogP contribution < -0.4 is 4.90 Å². The number of hydrogen-bond donors (Lipinski definition) is 0. The van der Waals surface area contributed by atoms with Gasteiger partial charge in [-0.25, -0.2) is 4.98 Å². The van der Waals surface area contributed by atoms with Gasteiger partial charge in [0.15, 0.2) is 0 Å². The highest BCUT2D eigenvalue weighted by molar-refractivity contribution is 6.22. The van der Waals surface area contributed by atoms with Gasteiger partial charge >= 0.3 is 0 Å². The lowest BCUT2D eigenvalue weighted by Crippen LogP contribution is -2.18. The molecule has 1 aliphatic heterocycles. The van der Waals surface area contributed by atoms with Gasteiger partial charge in [-0.3, -0.25) is 4.57 Å². The molecule has 0 aliphatic carbocycles. The molecule has 0 spiro atoms. The number of anilines is 3. The molecule has 9 aromatic carbocycles. The maximum Gasteiger partial charge on any atom is 0.147 e. The number of fused-ring (bicyclic) bond motifs is 7. The van der Waals surface area contributed by atoms with Crippen molar-refractivity contribution in [1.29, 1.82) is 0 Å². The van der Waals surface area contributed by atoms with Crippen LogP contribution in [0.1, 0.15) is 0 Å². The molecule has 0 saturated heterocycles. The minimum atomic E-state index is 0.955. The van der Waals surface area contributed by atoms with Crippen molar-refractivity contribution in [3.63, 3.8) is 0 Å². The predicted molar refractivity (Wildman–Crippen MR) is 210 cm³/mol. The summed E-state index contributed by atoms with van der Waals surface area (Å²) in [6, 6.07) is 63.7. The number of hydrogen-bond acceptors (Lipinski definition) is 2. The molecule has 0 unspecified atom stereocenters. The number of imidazole rings is 1. The largest absolute Gasteiger partial charge is 0.306 e. The Hall–Kier alpha value is -6.71. The molecule has 0 fully saturated rings. The molecule has 3 nitrogen and oxygen atoms in total. The van der Waals surface area contributed by atoms with Crippen LogP contribution >= 0.6 is 0 Å². The minimum absolute atomic E-state index is 0.955. The first kappa shape index (κ1) is 27.3. The van der Waals surface area contributed by atoms with Crippen LogP contribution in [0.25, 0.3) is 82.3 Å². The van der Waals surface area contributed by atoms with Crippen molar-refractivity contribution in [2.24, 2.45) is 0 Å². The molecule has 0 radical (unpaired) electrons. The SMILES string of the molecule is c1ccc(N2c3ccccc3-n3c(-c4c5ccccc5c(-c5ccc6c(ccc7ccccc76)c5)c5ccccc45)nc4cccc2c43)cc1. The Kier molecular flexibility index (Phi) is 5.67. The van der Waals surface area contributed by atoms with Crippen LogP contribution in [0.5, 0.6) is 0 Å². The molecule has 0 bridgehead atoms.